The van der Waals surface area contributed by atoms with Crippen LogP contribution < -0.4 is 21.1 Å². The van der Waals surface area contributed by atoms with Gasteiger partial charge >= 0.3 is 6.01 Å². The van der Waals surface area contributed by atoms with Crippen molar-refractivity contribution >= 4 is 28.3 Å². The zero-order valence-corrected chi connectivity index (χ0v) is 16.3. The molecular weight excluding hydrogens is 358 g/mol. The summed E-state index contributed by atoms with van der Waals surface area (Å²) in [6, 6.07) is 3.66. The van der Waals surface area contributed by atoms with E-state index in [2.05, 4.69) is 30.6 Å². The van der Waals surface area contributed by atoms with Gasteiger partial charge in [0.15, 0.2) is 5.82 Å². The summed E-state index contributed by atoms with van der Waals surface area (Å²) in [7, 11) is 1.48. The van der Waals surface area contributed by atoms with Crippen molar-refractivity contribution in [1.29, 1.82) is 0 Å². The fourth-order valence-corrected chi connectivity index (χ4v) is 2.71. The number of carbonyl (C=O) groups excluding carboxylic acids is 1. The topological polar surface area (TPSA) is 128 Å². The fraction of sp³-hybridized carbons (Fsp3) is 0.316. The number of anilines is 2. The third kappa shape index (κ3) is 4.15. The Balaban J connectivity index is 2.01. The highest BCUT2D eigenvalue weighted by Crippen LogP contribution is 2.27. The average Bonchev–Trinajstić information content (AvgIpc) is 2.67. The van der Waals surface area contributed by atoms with Gasteiger partial charge in [0, 0.05) is 29.9 Å². The molecule has 0 aliphatic carbocycles. The van der Waals surface area contributed by atoms with Gasteiger partial charge in [0.1, 0.15) is 0 Å². The number of rotatable bonds is 6. The van der Waals surface area contributed by atoms with Crippen LogP contribution >= 0.6 is 0 Å². The van der Waals surface area contributed by atoms with Crippen LogP contribution in [-0.2, 0) is 0 Å². The third-order valence-corrected chi connectivity index (χ3v) is 4.07. The Kier molecular flexibility index (Phi) is 5.65. The third-order valence-electron chi connectivity index (χ3n) is 4.07. The smallest absolute Gasteiger partial charge is 0.316 e. The molecule has 1 atom stereocenters. The number of ether oxygens (including phenoxy) is 1. The highest BCUT2D eigenvalue weighted by Gasteiger charge is 2.17. The zero-order valence-electron chi connectivity index (χ0n) is 16.3. The lowest BCUT2D eigenvalue weighted by Crippen LogP contribution is -2.25. The maximum Gasteiger partial charge on any atom is 0.316 e. The van der Waals surface area contributed by atoms with E-state index < -0.39 is 0 Å². The Morgan fingerprint density at radius 3 is 2.68 bits per heavy atom. The molecule has 9 heteroatoms. The molecule has 3 aromatic rings. The number of methoxy groups -OCH3 is 1. The molecule has 0 bridgehead atoms. The van der Waals surface area contributed by atoms with Crippen molar-refractivity contribution in [2.24, 2.45) is 5.73 Å². The van der Waals surface area contributed by atoms with Crippen LogP contribution in [0.2, 0.25) is 0 Å². The predicted octanol–water partition coefficient (Wildman–Crippen LogP) is 2.06. The van der Waals surface area contributed by atoms with Gasteiger partial charge in [-0.1, -0.05) is 0 Å². The standard InChI is InChI=1S/C19H23N7O2/c1-10(20)7-21-15-6-5-13(16-14(15)9-23-19(25-16)28-4)18(27)26-17-12(3)24-11(2)8-22-17/h5-6,8-10,21H,7,20H2,1-4H3,(H,22,26,27)/t10-/m1/s1. The van der Waals surface area contributed by atoms with E-state index in [-0.39, 0.29) is 18.0 Å². The minimum atomic E-state index is -0.342. The van der Waals surface area contributed by atoms with Crippen molar-refractivity contribution in [2.45, 2.75) is 26.8 Å². The first-order chi connectivity index (χ1) is 13.4. The number of fused-ring (bicyclic) bond motifs is 1. The van der Waals surface area contributed by atoms with Crippen LogP contribution in [0.3, 0.4) is 0 Å². The number of nitrogens with one attached hydrogen (secondary N) is 2. The van der Waals surface area contributed by atoms with Crippen LogP contribution in [0, 0.1) is 13.8 Å². The molecule has 146 valence electrons. The van der Waals surface area contributed by atoms with E-state index in [1.807, 2.05) is 19.9 Å². The highest BCUT2D eigenvalue weighted by molar-refractivity contribution is 6.13. The summed E-state index contributed by atoms with van der Waals surface area (Å²) in [5.74, 6) is 0.0645. The lowest BCUT2D eigenvalue weighted by molar-refractivity contribution is 0.102. The van der Waals surface area contributed by atoms with Gasteiger partial charge in [-0.3, -0.25) is 9.78 Å². The van der Waals surface area contributed by atoms with E-state index in [0.717, 1.165) is 11.4 Å². The first-order valence-electron chi connectivity index (χ1n) is 8.84. The largest absolute Gasteiger partial charge is 0.467 e. The molecule has 0 unspecified atom stereocenters. The second-order valence-corrected chi connectivity index (χ2v) is 6.54. The van der Waals surface area contributed by atoms with Gasteiger partial charge < -0.3 is 21.1 Å². The molecule has 0 fully saturated rings. The van der Waals surface area contributed by atoms with Crippen molar-refractivity contribution in [2.75, 3.05) is 24.3 Å². The minimum absolute atomic E-state index is 0.0275. The van der Waals surface area contributed by atoms with Crippen molar-refractivity contribution < 1.29 is 9.53 Å². The van der Waals surface area contributed by atoms with Crippen LogP contribution in [0.1, 0.15) is 28.7 Å². The molecule has 9 nitrogen and oxygen atoms in total. The first-order valence-corrected chi connectivity index (χ1v) is 8.84. The number of nitrogens with zero attached hydrogens (tertiary/aromatic N) is 4. The number of hydrogen-bond donors (Lipinski definition) is 3. The predicted molar refractivity (Wildman–Crippen MR) is 108 cm³/mol. The quantitative estimate of drug-likeness (QED) is 0.592. The van der Waals surface area contributed by atoms with E-state index in [4.69, 9.17) is 10.5 Å². The van der Waals surface area contributed by atoms with Gasteiger partial charge in [-0.15, -0.1) is 0 Å². The van der Waals surface area contributed by atoms with Gasteiger partial charge in [-0.2, -0.15) is 4.98 Å². The lowest BCUT2D eigenvalue weighted by atomic mass is 10.1. The van der Waals surface area contributed by atoms with Gasteiger partial charge in [-0.05, 0) is 32.9 Å². The first kappa shape index (κ1) is 19.4. The molecular formula is C19H23N7O2. The van der Waals surface area contributed by atoms with E-state index in [0.29, 0.717) is 34.5 Å². The van der Waals surface area contributed by atoms with Crippen molar-refractivity contribution in [3.05, 3.63) is 41.5 Å². The van der Waals surface area contributed by atoms with Gasteiger partial charge in [0.2, 0.25) is 0 Å². The Hall–Kier alpha value is -3.33. The second-order valence-electron chi connectivity index (χ2n) is 6.54. The molecule has 1 aromatic carbocycles. The number of benzene rings is 1. The van der Waals surface area contributed by atoms with E-state index >= 15 is 0 Å². The number of aryl methyl sites for hydroxylation is 2. The monoisotopic (exact) mass is 381 g/mol. The number of carbonyl (C=O) groups is 1. The summed E-state index contributed by atoms with van der Waals surface area (Å²) >= 11 is 0. The molecule has 3 rings (SSSR count). The van der Waals surface area contributed by atoms with Crippen LogP contribution in [0.15, 0.2) is 24.5 Å². The average molecular weight is 381 g/mol. The molecule has 4 N–H and O–H groups in total. The van der Waals surface area contributed by atoms with Crippen molar-refractivity contribution in [3.63, 3.8) is 0 Å². The Morgan fingerprint density at radius 1 is 1.21 bits per heavy atom. The van der Waals surface area contributed by atoms with Crippen molar-refractivity contribution in [1.82, 2.24) is 19.9 Å². The number of nitrogens with two attached hydrogens (primary N) is 1. The van der Waals surface area contributed by atoms with Crippen LogP contribution in [0.4, 0.5) is 11.5 Å². The summed E-state index contributed by atoms with van der Waals surface area (Å²) in [5.41, 5.74) is 8.88. The molecule has 2 heterocycles. The zero-order chi connectivity index (χ0) is 20.3. The Labute approximate surface area is 162 Å². The Morgan fingerprint density at radius 2 is 2.00 bits per heavy atom. The van der Waals surface area contributed by atoms with E-state index in [9.17, 15) is 4.79 Å². The summed E-state index contributed by atoms with van der Waals surface area (Å²) in [4.78, 5) is 30.0. The van der Waals surface area contributed by atoms with Crippen LogP contribution in [0.5, 0.6) is 6.01 Å². The molecule has 28 heavy (non-hydrogen) atoms. The molecule has 0 aliphatic rings. The van der Waals surface area contributed by atoms with Crippen LogP contribution in [0.25, 0.3) is 10.9 Å². The van der Waals surface area contributed by atoms with Gasteiger partial charge in [0.05, 0.1) is 35.8 Å². The van der Waals surface area contributed by atoms with Gasteiger partial charge in [-0.25, -0.2) is 9.97 Å². The van der Waals surface area contributed by atoms with E-state index in [1.54, 1.807) is 25.4 Å². The fourth-order valence-electron chi connectivity index (χ4n) is 2.71. The summed E-state index contributed by atoms with van der Waals surface area (Å²) in [6.07, 6.45) is 3.23. The normalized spacial score (nSPS) is 11.9. The molecule has 0 saturated carbocycles. The highest BCUT2D eigenvalue weighted by atomic mass is 16.5. The molecule has 0 spiro atoms. The number of aromatic nitrogens is 4. The molecule has 0 aliphatic heterocycles. The molecule has 0 radical (unpaired) electrons. The number of hydrogen-bond acceptors (Lipinski definition) is 8. The summed E-state index contributed by atoms with van der Waals surface area (Å²) < 4.78 is 5.13. The lowest BCUT2D eigenvalue weighted by Gasteiger charge is -2.14. The van der Waals surface area contributed by atoms with Crippen LogP contribution in [-0.4, -0.2) is 45.5 Å². The van der Waals surface area contributed by atoms with E-state index in [1.165, 1.54) is 7.11 Å². The number of amides is 1. The second kappa shape index (κ2) is 8.13. The summed E-state index contributed by atoms with van der Waals surface area (Å²) in [6.45, 7) is 6.11. The molecule has 0 saturated heterocycles. The molecule has 2 aromatic heterocycles. The van der Waals surface area contributed by atoms with Crippen molar-refractivity contribution in [3.8, 4) is 6.01 Å². The maximum atomic E-state index is 12.9. The minimum Gasteiger partial charge on any atom is -0.467 e. The molecule has 1 amide bonds. The summed E-state index contributed by atoms with van der Waals surface area (Å²) in [5, 5.41) is 6.75. The SMILES string of the molecule is COc1ncc2c(NC[C@@H](C)N)ccc(C(=O)Nc3ncc(C)nc3C)c2n1. The van der Waals surface area contributed by atoms with Gasteiger partial charge in [0.25, 0.3) is 5.91 Å². The Bertz CT molecular complexity index is 1020. The maximum absolute atomic E-state index is 12.9.